The van der Waals surface area contributed by atoms with Gasteiger partial charge in [0.25, 0.3) is 11.6 Å². The molecule has 2 aromatic carbocycles. The number of benzene rings is 2. The number of nitrogens with zero attached hydrogens (tertiary/aromatic N) is 1. The highest BCUT2D eigenvalue weighted by Gasteiger charge is 2.08. The van der Waals surface area contributed by atoms with Crippen molar-refractivity contribution in [2.24, 2.45) is 0 Å². The molecule has 2 rings (SSSR count). The molecule has 0 spiro atoms. The smallest absolute Gasteiger partial charge is 0.269 e. The van der Waals surface area contributed by atoms with E-state index in [-0.39, 0.29) is 24.0 Å². The second kappa shape index (κ2) is 8.39. The van der Waals surface area contributed by atoms with Crippen LogP contribution in [0.15, 0.2) is 61.2 Å². The van der Waals surface area contributed by atoms with Crippen LogP contribution in [0.5, 0.6) is 0 Å². The van der Waals surface area contributed by atoms with E-state index in [1.165, 1.54) is 18.2 Å². The zero-order valence-electron chi connectivity index (χ0n) is 13.4. The van der Waals surface area contributed by atoms with Gasteiger partial charge >= 0.3 is 0 Å². The van der Waals surface area contributed by atoms with Gasteiger partial charge < -0.3 is 10.6 Å². The third-order valence-electron chi connectivity index (χ3n) is 3.44. The van der Waals surface area contributed by atoms with Crippen molar-refractivity contribution in [2.45, 2.75) is 13.1 Å². The molecule has 0 fully saturated rings. The van der Waals surface area contributed by atoms with Gasteiger partial charge in [-0.1, -0.05) is 30.8 Å². The van der Waals surface area contributed by atoms with Crippen molar-refractivity contribution in [3.63, 3.8) is 0 Å². The van der Waals surface area contributed by atoms with Gasteiger partial charge in [-0.15, -0.1) is 0 Å². The molecule has 0 aliphatic rings. The number of nitrogens with one attached hydrogen (secondary N) is 2. The minimum atomic E-state index is -0.477. The van der Waals surface area contributed by atoms with E-state index in [9.17, 15) is 19.7 Å². The van der Waals surface area contributed by atoms with Crippen LogP contribution in [0, 0.1) is 10.1 Å². The summed E-state index contributed by atoms with van der Waals surface area (Å²) in [6, 6.07) is 12.9. The Bertz CT molecular complexity index is 800. The van der Waals surface area contributed by atoms with Crippen LogP contribution in [-0.2, 0) is 17.9 Å². The molecule has 2 aromatic rings. The van der Waals surface area contributed by atoms with Gasteiger partial charge in [0, 0.05) is 30.8 Å². The highest BCUT2D eigenvalue weighted by Crippen LogP contribution is 2.13. The summed E-state index contributed by atoms with van der Waals surface area (Å²) in [4.78, 5) is 33.5. The molecule has 0 radical (unpaired) electrons. The fourth-order valence-electron chi connectivity index (χ4n) is 2.10. The van der Waals surface area contributed by atoms with Gasteiger partial charge in [0.2, 0.25) is 5.91 Å². The second-order valence-electron chi connectivity index (χ2n) is 5.23. The van der Waals surface area contributed by atoms with E-state index in [1.807, 2.05) is 0 Å². The highest BCUT2D eigenvalue weighted by atomic mass is 16.6. The van der Waals surface area contributed by atoms with Crippen molar-refractivity contribution in [1.82, 2.24) is 10.6 Å². The van der Waals surface area contributed by atoms with E-state index in [0.29, 0.717) is 17.7 Å². The largest absolute Gasteiger partial charge is 0.348 e. The van der Waals surface area contributed by atoms with E-state index in [4.69, 9.17) is 0 Å². The third kappa shape index (κ3) is 5.28. The summed E-state index contributed by atoms with van der Waals surface area (Å²) in [6.45, 7) is 3.91. The number of hydrogen-bond acceptors (Lipinski definition) is 4. The van der Waals surface area contributed by atoms with Gasteiger partial charge in [0.05, 0.1) is 4.92 Å². The first-order valence-corrected chi connectivity index (χ1v) is 7.50. The molecule has 25 heavy (non-hydrogen) atoms. The van der Waals surface area contributed by atoms with E-state index in [0.717, 1.165) is 5.56 Å². The van der Waals surface area contributed by atoms with Gasteiger partial charge in [-0.2, -0.15) is 0 Å². The lowest BCUT2D eigenvalue weighted by Gasteiger charge is -2.07. The SMILES string of the molecule is C=CC(=O)NCc1ccc(C(=O)NCc2cccc([N+](=O)[O-])c2)cc1. The van der Waals surface area contributed by atoms with Gasteiger partial charge in [-0.05, 0) is 29.3 Å². The van der Waals surface area contributed by atoms with Gasteiger partial charge in [-0.3, -0.25) is 19.7 Å². The fourth-order valence-corrected chi connectivity index (χ4v) is 2.10. The molecule has 2 amide bonds. The lowest BCUT2D eigenvalue weighted by molar-refractivity contribution is -0.384. The maximum absolute atomic E-state index is 12.1. The topological polar surface area (TPSA) is 101 Å². The molecule has 0 saturated heterocycles. The molecular formula is C18H17N3O4. The maximum atomic E-state index is 12.1. The van der Waals surface area contributed by atoms with Crippen molar-refractivity contribution < 1.29 is 14.5 Å². The zero-order chi connectivity index (χ0) is 18.2. The molecule has 0 aliphatic heterocycles. The zero-order valence-corrected chi connectivity index (χ0v) is 13.4. The first-order valence-electron chi connectivity index (χ1n) is 7.50. The van der Waals surface area contributed by atoms with Gasteiger partial charge in [0.15, 0.2) is 0 Å². The van der Waals surface area contributed by atoms with Crippen molar-refractivity contribution >= 4 is 17.5 Å². The Morgan fingerprint density at radius 1 is 1.04 bits per heavy atom. The summed E-state index contributed by atoms with van der Waals surface area (Å²) in [5.74, 6) is -0.549. The average Bonchev–Trinajstić information content (AvgIpc) is 2.64. The minimum Gasteiger partial charge on any atom is -0.348 e. The van der Waals surface area contributed by atoms with Crippen LogP contribution < -0.4 is 10.6 Å². The molecule has 0 unspecified atom stereocenters. The number of nitro benzene ring substituents is 1. The second-order valence-corrected chi connectivity index (χ2v) is 5.23. The molecule has 2 N–H and O–H groups in total. The normalized spacial score (nSPS) is 9.92. The number of rotatable bonds is 7. The third-order valence-corrected chi connectivity index (χ3v) is 3.44. The van der Waals surface area contributed by atoms with Crippen molar-refractivity contribution in [2.75, 3.05) is 0 Å². The number of hydrogen-bond donors (Lipinski definition) is 2. The predicted molar refractivity (Wildman–Crippen MR) is 92.8 cm³/mol. The molecule has 0 heterocycles. The summed E-state index contributed by atoms with van der Waals surface area (Å²) < 4.78 is 0. The number of carbonyl (C=O) groups excluding carboxylic acids is 2. The van der Waals surface area contributed by atoms with Gasteiger partial charge in [-0.25, -0.2) is 0 Å². The number of non-ortho nitro benzene ring substituents is 1. The molecule has 0 atom stereocenters. The predicted octanol–water partition coefficient (Wildman–Crippen LogP) is 2.33. The molecule has 128 valence electrons. The molecule has 0 aliphatic carbocycles. The molecule has 0 bridgehead atoms. The van der Waals surface area contributed by atoms with E-state index in [1.54, 1.807) is 36.4 Å². The van der Waals surface area contributed by atoms with Gasteiger partial charge in [0.1, 0.15) is 0 Å². The molecule has 7 nitrogen and oxygen atoms in total. The minimum absolute atomic E-state index is 0.0160. The van der Waals surface area contributed by atoms with Crippen molar-refractivity contribution in [3.05, 3.63) is 88.0 Å². The van der Waals surface area contributed by atoms with Crippen molar-refractivity contribution in [3.8, 4) is 0 Å². The summed E-state index contributed by atoms with van der Waals surface area (Å²) in [5, 5.41) is 16.1. The molecule has 7 heteroatoms. The van der Waals surface area contributed by atoms with Crippen LogP contribution in [0.4, 0.5) is 5.69 Å². The Balaban J connectivity index is 1.92. The van der Waals surface area contributed by atoms with E-state index >= 15 is 0 Å². The monoisotopic (exact) mass is 339 g/mol. The average molecular weight is 339 g/mol. The first-order chi connectivity index (χ1) is 12.0. The quantitative estimate of drug-likeness (QED) is 0.459. The fraction of sp³-hybridized carbons (Fsp3) is 0.111. The number of nitro groups is 1. The first kappa shape index (κ1) is 17.9. The van der Waals surface area contributed by atoms with E-state index < -0.39 is 4.92 Å². The van der Waals surface area contributed by atoms with Crippen LogP contribution in [0.1, 0.15) is 21.5 Å². The highest BCUT2D eigenvalue weighted by molar-refractivity contribution is 5.94. The molecule has 0 saturated carbocycles. The summed E-state index contributed by atoms with van der Waals surface area (Å²) in [7, 11) is 0. The summed E-state index contributed by atoms with van der Waals surface area (Å²) in [5.41, 5.74) is 1.94. The lowest BCUT2D eigenvalue weighted by atomic mass is 10.1. The maximum Gasteiger partial charge on any atom is 0.269 e. The summed E-state index contributed by atoms with van der Waals surface area (Å²) in [6.07, 6.45) is 1.19. The van der Waals surface area contributed by atoms with Crippen LogP contribution in [-0.4, -0.2) is 16.7 Å². The van der Waals surface area contributed by atoms with Crippen LogP contribution in [0.2, 0.25) is 0 Å². The Morgan fingerprint density at radius 3 is 2.36 bits per heavy atom. The van der Waals surface area contributed by atoms with Crippen molar-refractivity contribution in [1.29, 1.82) is 0 Å². The molecular weight excluding hydrogens is 322 g/mol. The Kier molecular flexibility index (Phi) is 6.00. The van der Waals surface area contributed by atoms with Crippen LogP contribution >= 0.6 is 0 Å². The van der Waals surface area contributed by atoms with Crippen LogP contribution in [0.3, 0.4) is 0 Å². The van der Waals surface area contributed by atoms with E-state index in [2.05, 4.69) is 17.2 Å². The number of carbonyl (C=O) groups is 2. The van der Waals surface area contributed by atoms with Crippen LogP contribution in [0.25, 0.3) is 0 Å². The lowest BCUT2D eigenvalue weighted by Crippen LogP contribution is -2.23. The standard InChI is InChI=1S/C18H17N3O4/c1-2-17(22)19-11-13-6-8-15(9-7-13)18(23)20-12-14-4-3-5-16(10-14)21(24)25/h2-10H,1,11-12H2,(H,19,22)(H,20,23). The molecule has 0 aromatic heterocycles. The number of amides is 2. The Labute approximate surface area is 144 Å². The Morgan fingerprint density at radius 2 is 1.72 bits per heavy atom. The summed E-state index contributed by atoms with van der Waals surface area (Å²) >= 11 is 0. The Hall–Kier alpha value is -3.48.